The van der Waals surface area contributed by atoms with Crippen LogP contribution in [0.5, 0.6) is 0 Å². The van der Waals surface area contributed by atoms with Gasteiger partial charge in [0, 0.05) is 0 Å². The van der Waals surface area contributed by atoms with Gasteiger partial charge in [0.05, 0.1) is 12.3 Å². The van der Waals surface area contributed by atoms with E-state index < -0.39 is 45.6 Å². The van der Waals surface area contributed by atoms with E-state index >= 15 is 0 Å². The number of nitro groups is 1. The van der Waals surface area contributed by atoms with Gasteiger partial charge < -0.3 is 4.42 Å². The molecule has 0 bridgehead atoms. The van der Waals surface area contributed by atoms with Crippen LogP contribution in [-0.4, -0.2) is 11.1 Å². The maximum Gasteiger partial charge on any atom is 0.433 e. The van der Waals surface area contributed by atoms with Gasteiger partial charge in [0.2, 0.25) is 5.82 Å². The van der Waals surface area contributed by atoms with Crippen LogP contribution in [0.1, 0.15) is 5.76 Å². The van der Waals surface area contributed by atoms with Crippen LogP contribution in [0.15, 0.2) is 21.7 Å². The van der Waals surface area contributed by atoms with Crippen LogP contribution < -0.4 is 5.43 Å². The second-order valence-electron chi connectivity index (χ2n) is 3.75. The van der Waals surface area contributed by atoms with Gasteiger partial charge in [-0.2, -0.15) is 5.10 Å². The highest BCUT2D eigenvalue weighted by atomic mass is 19.2. The molecule has 0 amide bonds. The summed E-state index contributed by atoms with van der Waals surface area (Å²) >= 11 is 0. The highest BCUT2D eigenvalue weighted by Gasteiger charge is 2.25. The van der Waals surface area contributed by atoms with Gasteiger partial charge in [-0.25, -0.2) is 22.0 Å². The van der Waals surface area contributed by atoms with Crippen LogP contribution in [0.3, 0.4) is 0 Å². The second-order valence-corrected chi connectivity index (χ2v) is 3.75. The first-order valence-corrected chi connectivity index (χ1v) is 5.37. The lowest BCUT2D eigenvalue weighted by Crippen LogP contribution is -2.06. The average molecular weight is 321 g/mol. The second kappa shape index (κ2) is 5.79. The molecule has 0 aliphatic heterocycles. The van der Waals surface area contributed by atoms with Gasteiger partial charge in [-0.15, -0.1) is 0 Å². The van der Waals surface area contributed by atoms with Crippen LogP contribution in [-0.2, 0) is 0 Å². The summed E-state index contributed by atoms with van der Waals surface area (Å²) in [5, 5.41) is 13.5. The van der Waals surface area contributed by atoms with E-state index in [1.54, 1.807) is 5.43 Å². The highest BCUT2D eigenvalue weighted by Crippen LogP contribution is 2.27. The van der Waals surface area contributed by atoms with Crippen molar-refractivity contribution in [2.45, 2.75) is 0 Å². The molecular weight excluding hydrogens is 317 g/mol. The Bertz CT molecular complexity index is 746. The zero-order valence-electron chi connectivity index (χ0n) is 10.2. The van der Waals surface area contributed by atoms with Crippen LogP contribution in [0.2, 0.25) is 0 Å². The van der Waals surface area contributed by atoms with Crippen molar-refractivity contribution in [1.29, 1.82) is 0 Å². The molecule has 0 atom stereocenters. The van der Waals surface area contributed by atoms with Crippen molar-refractivity contribution in [3.63, 3.8) is 0 Å². The number of furan rings is 1. The van der Waals surface area contributed by atoms with Crippen LogP contribution in [0.4, 0.5) is 33.5 Å². The molecule has 0 fully saturated rings. The number of benzene rings is 1. The lowest BCUT2D eigenvalue weighted by molar-refractivity contribution is -0.402. The van der Waals surface area contributed by atoms with E-state index in [0.717, 1.165) is 18.3 Å². The standard InChI is InChI=1S/C11H4F5N3O3/c12-6-7(13)9(15)11(10(16)8(6)14)18-17-3-4-1-2-5(22-4)19(20)21/h1-3,18H. The number of anilines is 1. The Kier molecular flexibility index (Phi) is 4.06. The molecule has 0 aliphatic rings. The quantitative estimate of drug-likeness (QED) is 0.234. The normalized spacial score (nSPS) is 11.1. The van der Waals surface area contributed by atoms with E-state index in [4.69, 9.17) is 0 Å². The number of hydrogen-bond acceptors (Lipinski definition) is 5. The molecule has 1 aromatic carbocycles. The van der Waals surface area contributed by atoms with Crippen molar-refractivity contribution < 1.29 is 31.3 Å². The van der Waals surface area contributed by atoms with Crippen molar-refractivity contribution in [2.75, 3.05) is 5.43 Å². The van der Waals surface area contributed by atoms with Crippen LogP contribution in [0.25, 0.3) is 0 Å². The summed E-state index contributed by atoms with van der Waals surface area (Å²) in [5.41, 5.74) is 0.253. The van der Waals surface area contributed by atoms with Gasteiger partial charge in [-0.05, 0) is 6.07 Å². The summed E-state index contributed by atoms with van der Waals surface area (Å²) in [5.74, 6) is -11.6. The maximum atomic E-state index is 13.3. The number of nitrogens with one attached hydrogen (secondary N) is 1. The van der Waals surface area contributed by atoms with Crippen molar-refractivity contribution in [2.24, 2.45) is 5.10 Å². The Labute approximate surface area is 118 Å². The first kappa shape index (κ1) is 15.4. The number of hydrogen-bond donors (Lipinski definition) is 1. The Balaban J connectivity index is 2.24. The summed E-state index contributed by atoms with van der Waals surface area (Å²) in [4.78, 5) is 9.50. The lowest BCUT2D eigenvalue weighted by atomic mass is 10.2. The molecule has 0 aliphatic carbocycles. The molecule has 1 aromatic heterocycles. The summed E-state index contributed by atoms with van der Waals surface area (Å²) in [6.45, 7) is 0. The van der Waals surface area contributed by atoms with Crippen molar-refractivity contribution in [1.82, 2.24) is 0 Å². The Morgan fingerprint density at radius 2 is 1.59 bits per heavy atom. The third-order valence-corrected chi connectivity index (χ3v) is 2.37. The molecule has 0 saturated heterocycles. The molecule has 0 unspecified atom stereocenters. The van der Waals surface area contributed by atoms with Gasteiger partial charge in [0.25, 0.3) is 0 Å². The van der Waals surface area contributed by atoms with Gasteiger partial charge in [0.1, 0.15) is 10.6 Å². The maximum absolute atomic E-state index is 13.3. The van der Waals surface area contributed by atoms with Gasteiger partial charge >= 0.3 is 5.88 Å². The first-order chi connectivity index (χ1) is 10.3. The van der Waals surface area contributed by atoms with E-state index in [1.807, 2.05) is 0 Å². The monoisotopic (exact) mass is 321 g/mol. The fourth-order valence-electron chi connectivity index (χ4n) is 1.37. The lowest BCUT2D eigenvalue weighted by Gasteiger charge is -2.06. The number of nitrogens with zero attached hydrogens (tertiary/aromatic N) is 2. The summed E-state index contributed by atoms with van der Waals surface area (Å²) < 4.78 is 69.8. The predicted octanol–water partition coefficient (Wildman–Crippen LogP) is 3.33. The Morgan fingerprint density at radius 3 is 2.09 bits per heavy atom. The molecule has 0 saturated carbocycles. The highest BCUT2D eigenvalue weighted by molar-refractivity contribution is 5.77. The molecule has 0 radical (unpaired) electrons. The van der Waals surface area contributed by atoms with Crippen molar-refractivity contribution in [3.8, 4) is 0 Å². The summed E-state index contributed by atoms with van der Waals surface area (Å²) in [7, 11) is 0. The Morgan fingerprint density at radius 1 is 1.05 bits per heavy atom. The fraction of sp³-hybridized carbons (Fsp3) is 0. The SMILES string of the molecule is O=[N+]([O-])c1ccc(C=NNc2c(F)c(F)c(F)c(F)c2F)o1. The number of hydrazone groups is 1. The zero-order valence-corrected chi connectivity index (χ0v) is 10.2. The van der Waals surface area contributed by atoms with Crippen LogP contribution >= 0.6 is 0 Å². The minimum atomic E-state index is -2.30. The molecule has 0 spiro atoms. The van der Waals surface area contributed by atoms with Crippen molar-refractivity contribution in [3.05, 3.63) is 57.1 Å². The third-order valence-electron chi connectivity index (χ3n) is 2.37. The third kappa shape index (κ3) is 2.73. The zero-order chi connectivity index (χ0) is 16.4. The van der Waals surface area contributed by atoms with Gasteiger partial charge in [0.15, 0.2) is 29.0 Å². The predicted molar refractivity (Wildman–Crippen MR) is 62.8 cm³/mol. The van der Waals surface area contributed by atoms with E-state index in [9.17, 15) is 32.1 Å². The smallest absolute Gasteiger partial charge is 0.400 e. The molecule has 1 heterocycles. The molecular formula is C11H4F5N3O3. The van der Waals surface area contributed by atoms with Crippen molar-refractivity contribution >= 4 is 17.8 Å². The molecule has 22 heavy (non-hydrogen) atoms. The first-order valence-electron chi connectivity index (χ1n) is 5.37. The molecule has 116 valence electrons. The van der Waals surface area contributed by atoms with E-state index in [-0.39, 0.29) is 5.76 Å². The number of halogens is 5. The molecule has 2 rings (SSSR count). The van der Waals surface area contributed by atoms with E-state index in [2.05, 4.69) is 9.52 Å². The summed E-state index contributed by atoms with van der Waals surface area (Å²) in [6.07, 6.45) is 0.755. The molecule has 6 nitrogen and oxygen atoms in total. The Hall–Kier alpha value is -2.98. The average Bonchev–Trinajstić information content (AvgIpc) is 2.96. The largest absolute Gasteiger partial charge is 0.433 e. The van der Waals surface area contributed by atoms with Gasteiger partial charge in [-0.3, -0.25) is 15.5 Å². The van der Waals surface area contributed by atoms with Gasteiger partial charge in [-0.1, -0.05) is 0 Å². The molecule has 1 N–H and O–H groups in total. The van der Waals surface area contributed by atoms with Crippen LogP contribution in [0, 0.1) is 39.2 Å². The molecule has 2 aromatic rings. The van der Waals surface area contributed by atoms with E-state index in [0.29, 0.717) is 0 Å². The van der Waals surface area contributed by atoms with E-state index in [1.165, 1.54) is 0 Å². The summed E-state index contributed by atoms with van der Waals surface area (Å²) in [6, 6.07) is 2.10. The molecule has 11 heteroatoms. The fourth-order valence-corrected chi connectivity index (χ4v) is 1.37. The number of rotatable bonds is 4. The minimum absolute atomic E-state index is 0.178. The topological polar surface area (TPSA) is 80.7 Å². The minimum Gasteiger partial charge on any atom is -0.400 e.